The molecule has 1 aliphatic carbocycles. The van der Waals surface area contributed by atoms with Crippen LogP contribution in [0, 0.1) is 17.7 Å². The van der Waals surface area contributed by atoms with Gasteiger partial charge in [0.1, 0.15) is 5.82 Å². The van der Waals surface area contributed by atoms with Gasteiger partial charge < -0.3 is 4.90 Å². The summed E-state index contributed by atoms with van der Waals surface area (Å²) in [6, 6.07) is 6.67. The van der Waals surface area contributed by atoms with Crippen molar-refractivity contribution in [3.8, 4) is 0 Å². The first-order valence-electron chi connectivity index (χ1n) is 8.62. The van der Waals surface area contributed by atoms with E-state index in [-0.39, 0.29) is 23.6 Å². The quantitative estimate of drug-likeness (QED) is 0.866. The monoisotopic (exact) mass is 327 g/mol. The molecule has 0 bridgehead atoms. The first kappa shape index (κ1) is 15.4. The maximum absolute atomic E-state index is 13.3. The predicted molar refractivity (Wildman–Crippen MR) is 88.8 cm³/mol. The van der Waals surface area contributed by atoms with Gasteiger partial charge in [0.05, 0.1) is 6.20 Å². The largest absolute Gasteiger partial charge is 0.342 e. The molecule has 3 atom stereocenters. The predicted octanol–water partition coefficient (Wildman–Crippen LogP) is 2.75. The van der Waals surface area contributed by atoms with Crippen molar-refractivity contribution in [2.24, 2.45) is 18.9 Å². The Balaban J connectivity index is 1.33. The molecule has 1 aromatic carbocycles. The van der Waals surface area contributed by atoms with Crippen LogP contribution in [0.25, 0.3) is 0 Å². The van der Waals surface area contributed by atoms with Crippen molar-refractivity contribution in [1.82, 2.24) is 14.7 Å². The molecule has 1 saturated carbocycles. The minimum absolute atomic E-state index is 0.0453. The molecule has 2 fully saturated rings. The van der Waals surface area contributed by atoms with Crippen LogP contribution in [0.1, 0.15) is 29.9 Å². The number of likely N-dealkylation sites (tertiary alicyclic amines) is 1. The van der Waals surface area contributed by atoms with Gasteiger partial charge in [0, 0.05) is 32.3 Å². The Hall–Kier alpha value is -2.17. The van der Waals surface area contributed by atoms with E-state index in [0.717, 1.165) is 37.9 Å². The topological polar surface area (TPSA) is 38.1 Å². The summed E-state index contributed by atoms with van der Waals surface area (Å²) in [5.74, 6) is 0.792. The number of amides is 1. The van der Waals surface area contributed by atoms with E-state index < -0.39 is 0 Å². The molecule has 4 nitrogen and oxygen atoms in total. The van der Waals surface area contributed by atoms with Gasteiger partial charge in [-0.25, -0.2) is 4.39 Å². The summed E-state index contributed by atoms with van der Waals surface area (Å²) in [6.45, 7) is 1.68. The van der Waals surface area contributed by atoms with Crippen LogP contribution in [0.15, 0.2) is 36.7 Å². The molecule has 126 valence electrons. The molecule has 0 unspecified atom stereocenters. The lowest BCUT2D eigenvalue weighted by Crippen LogP contribution is -2.30. The van der Waals surface area contributed by atoms with E-state index in [9.17, 15) is 9.18 Å². The minimum atomic E-state index is -0.219. The van der Waals surface area contributed by atoms with Crippen molar-refractivity contribution in [3.05, 3.63) is 53.6 Å². The standard InChI is InChI=1S/C19H22FN3O/c1-22-11-14(10-21-22)7-13-5-6-23(12-13)19(24)18-9-17(18)15-3-2-4-16(20)8-15/h2-4,8,10-11,13,17-18H,5-7,9,12H2,1H3/t13-,17-,18-/m0/s1. The van der Waals surface area contributed by atoms with Gasteiger partial charge in [0.15, 0.2) is 0 Å². The van der Waals surface area contributed by atoms with Crippen molar-refractivity contribution in [2.75, 3.05) is 13.1 Å². The van der Waals surface area contributed by atoms with Crippen LogP contribution in [0.2, 0.25) is 0 Å². The molecule has 2 aliphatic rings. The Morgan fingerprint density at radius 2 is 2.29 bits per heavy atom. The number of aryl methyl sites for hydroxylation is 1. The zero-order valence-electron chi connectivity index (χ0n) is 13.9. The van der Waals surface area contributed by atoms with Gasteiger partial charge in [0.25, 0.3) is 0 Å². The van der Waals surface area contributed by atoms with E-state index in [2.05, 4.69) is 5.10 Å². The molecule has 2 aromatic rings. The van der Waals surface area contributed by atoms with E-state index in [0.29, 0.717) is 5.92 Å². The average molecular weight is 327 g/mol. The third-order valence-corrected chi connectivity index (χ3v) is 5.26. The number of aromatic nitrogens is 2. The number of halogens is 1. The molecule has 5 heteroatoms. The van der Waals surface area contributed by atoms with Crippen LogP contribution in [-0.4, -0.2) is 33.7 Å². The van der Waals surface area contributed by atoms with E-state index in [1.807, 2.05) is 35.1 Å². The first-order chi connectivity index (χ1) is 11.6. The molecule has 24 heavy (non-hydrogen) atoms. The van der Waals surface area contributed by atoms with Crippen molar-refractivity contribution in [2.45, 2.75) is 25.2 Å². The van der Waals surface area contributed by atoms with E-state index in [1.165, 1.54) is 11.6 Å². The highest BCUT2D eigenvalue weighted by Crippen LogP contribution is 2.49. The molecule has 0 spiro atoms. The molecular weight excluding hydrogens is 305 g/mol. The number of nitrogens with zero attached hydrogens (tertiary/aromatic N) is 3. The maximum atomic E-state index is 13.3. The Labute approximate surface area is 141 Å². The summed E-state index contributed by atoms with van der Waals surface area (Å²) in [6.07, 6.45) is 6.84. The highest BCUT2D eigenvalue weighted by molar-refractivity contribution is 5.83. The van der Waals surface area contributed by atoms with Crippen molar-refractivity contribution in [1.29, 1.82) is 0 Å². The van der Waals surface area contributed by atoms with Crippen molar-refractivity contribution >= 4 is 5.91 Å². The molecule has 0 radical (unpaired) electrons. The Morgan fingerprint density at radius 1 is 1.42 bits per heavy atom. The molecule has 1 amide bonds. The summed E-state index contributed by atoms with van der Waals surface area (Å²) < 4.78 is 15.2. The maximum Gasteiger partial charge on any atom is 0.226 e. The zero-order valence-corrected chi connectivity index (χ0v) is 13.9. The van der Waals surface area contributed by atoms with E-state index in [4.69, 9.17) is 0 Å². The third-order valence-electron chi connectivity index (χ3n) is 5.26. The van der Waals surface area contributed by atoms with Gasteiger partial charge in [-0.2, -0.15) is 5.10 Å². The Bertz CT molecular complexity index is 757. The third kappa shape index (κ3) is 3.07. The second-order valence-corrected chi connectivity index (χ2v) is 7.17. The number of hydrogen-bond donors (Lipinski definition) is 0. The highest BCUT2D eigenvalue weighted by atomic mass is 19.1. The summed E-state index contributed by atoms with van der Waals surface area (Å²) in [5.41, 5.74) is 2.19. The van der Waals surface area contributed by atoms with Crippen molar-refractivity contribution in [3.63, 3.8) is 0 Å². The van der Waals surface area contributed by atoms with Gasteiger partial charge in [0.2, 0.25) is 5.91 Å². The van der Waals surface area contributed by atoms with Gasteiger partial charge in [-0.1, -0.05) is 12.1 Å². The van der Waals surface area contributed by atoms with Crippen LogP contribution in [0.4, 0.5) is 4.39 Å². The lowest BCUT2D eigenvalue weighted by molar-refractivity contribution is -0.131. The van der Waals surface area contributed by atoms with Gasteiger partial charge in [-0.05, 0) is 54.4 Å². The SMILES string of the molecule is Cn1cc(C[C@@H]2CCN(C(=O)[C@H]3C[C@H]3c3cccc(F)c3)C2)cn1. The number of hydrogen-bond acceptors (Lipinski definition) is 2. The highest BCUT2D eigenvalue weighted by Gasteiger charge is 2.46. The van der Waals surface area contributed by atoms with Gasteiger partial charge in [-0.15, -0.1) is 0 Å². The summed E-state index contributed by atoms with van der Waals surface area (Å²) >= 11 is 0. The summed E-state index contributed by atoms with van der Waals surface area (Å²) in [7, 11) is 1.92. The van der Waals surface area contributed by atoms with E-state index >= 15 is 0 Å². The first-order valence-corrected chi connectivity index (χ1v) is 8.62. The molecule has 4 rings (SSSR count). The smallest absolute Gasteiger partial charge is 0.226 e. The second kappa shape index (κ2) is 6.04. The molecule has 2 heterocycles. The molecule has 1 aromatic heterocycles. The number of carbonyl (C=O) groups is 1. The Morgan fingerprint density at radius 3 is 3.04 bits per heavy atom. The fourth-order valence-electron chi connectivity index (χ4n) is 3.92. The van der Waals surface area contributed by atoms with Crippen LogP contribution in [0.3, 0.4) is 0 Å². The zero-order chi connectivity index (χ0) is 16.7. The van der Waals surface area contributed by atoms with Crippen LogP contribution in [-0.2, 0) is 18.3 Å². The van der Waals surface area contributed by atoms with Gasteiger partial charge >= 0.3 is 0 Å². The van der Waals surface area contributed by atoms with Crippen LogP contribution < -0.4 is 0 Å². The number of carbonyl (C=O) groups excluding carboxylic acids is 1. The number of rotatable bonds is 4. The lowest BCUT2D eigenvalue weighted by atomic mass is 10.0. The normalized spacial score (nSPS) is 25.9. The lowest BCUT2D eigenvalue weighted by Gasteiger charge is -2.16. The Kier molecular flexibility index (Phi) is 3.87. The summed E-state index contributed by atoms with van der Waals surface area (Å²) in [5, 5.41) is 4.21. The average Bonchev–Trinajstić information content (AvgIpc) is 3.06. The molecule has 1 saturated heterocycles. The second-order valence-electron chi connectivity index (χ2n) is 7.17. The van der Waals surface area contributed by atoms with Crippen LogP contribution >= 0.6 is 0 Å². The molecule has 1 aliphatic heterocycles. The summed E-state index contributed by atoms with van der Waals surface area (Å²) in [4.78, 5) is 14.7. The fraction of sp³-hybridized carbons (Fsp3) is 0.474. The van der Waals surface area contributed by atoms with E-state index in [1.54, 1.807) is 12.1 Å². The number of benzene rings is 1. The van der Waals surface area contributed by atoms with Crippen molar-refractivity contribution < 1.29 is 9.18 Å². The molecular formula is C19H22FN3O. The van der Waals surface area contributed by atoms with Crippen LogP contribution in [0.5, 0.6) is 0 Å². The molecule has 0 N–H and O–H groups in total. The van der Waals surface area contributed by atoms with Gasteiger partial charge in [-0.3, -0.25) is 9.48 Å². The fourth-order valence-corrected chi connectivity index (χ4v) is 3.92. The minimum Gasteiger partial charge on any atom is -0.342 e.